The molecule has 11 heteroatoms. The average molecular weight is 544 g/mol. The van der Waals surface area contributed by atoms with Gasteiger partial charge in [0.1, 0.15) is 35.1 Å². The second-order valence-corrected chi connectivity index (χ2v) is 10.5. The van der Waals surface area contributed by atoms with Gasteiger partial charge in [0.15, 0.2) is 5.78 Å². The smallest absolute Gasteiger partial charge is 0.248 e. The third-order valence-corrected chi connectivity index (χ3v) is 7.80. The highest BCUT2D eigenvalue weighted by Crippen LogP contribution is 2.43. The summed E-state index contributed by atoms with van der Waals surface area (Å²) in [6.45, 7) is 3.19. The van der Waals surface area contributed by atoms with Gasteiger partial charge in [-0.2, -0.15) is 5.10 Å². The fraction of sp³-hybridized carbons (Fsp3) is 0.321. The number of amides is 2. The first-order valence-corrected chi connectivity index (χ1v) is 13.2. The Bertz CT molecular complexity index is 1620. The number of carbonyl (C=O) groups excluding carboxylic acids is 3. The zero-order valence-electron chi connectivity index (χ0n) is 21.5. The molecule has 6 rings (SSSR count). The van der Waals surface area contributed by atoms with E-state index < -0.39 is 6.04 Å². The molecule has 3 unspecified atom stereocenters. The number of fused-ring (bicyclic) bond motifs is 3. The fourth-order valence-corrected chi connectivity index (χ4v) is 6.02. The Balaban J connectivity index is 1.29. The lowest BCUT2D eigenvalue weighted by Gasteiger charge is -2.34. The van der Waals surface area contributed by atoms with Gasteiger partial charge in [0.25, 0.3) is 0 Å². The third kappa shape index (κ3) is 4.65. The van der Waals surface area contributed by atoms with Crippen molar-refractivity contribution in [2.75, 3.05) is 5.32 Å². The molecule has 1 saturated carbocycles. The van der Waals surface area contributed by atoms with Crippen molar-refractivity contribution in [1.82, 2.24) is 29.6 Å². The van der Waals surface area contributed by atoms with E-state index in [9.17, 15) is 14.4 Å². The number of carbonyl (C=O) groups is 3. The van der Waals surface area contributed by atoms with E-state index in [-0.39, 0.29) is 46.9 Å². The number of likely N-dealkylation sites (tertiary alicyclic amines) is 1. The van der Waals surface area contributed by atoms with Crippen LogP contribution in [0.25, 0.3) is 22.0 Å². The van der Waals surface area contributed by atoms with E-state index in [1.54, 1.807) is 40.2 Å². The fourth-order valence-electron chi connectivity index (χ4n) is 5.85. The number of aromatic nitrogens is 5. The number of rotatable bonds is 6. The van der Waals surface area contributed by atoms with Crippen molar-refractivity contribution in [3.8, 4) is 11.1 Å². The maximum absolute atomic E-state index is 13.7. The minimum absolute atomic E-state index is 0.00665. The molecule has 1 aromatic carbocycles. The summed E-state index contributed by atoms with van der Waals surface area (Å²) < 4.78 is 1.56. The van der Waals surface area contributed by atoms with Crippen molar-refractivity contribution in [3.05, 3.63) is 65.5 Å². The SMILES string of the molecule is CC(=O)c1nn(CC(=O)N2C3CCC(C3)C2C(=O)Nc2cccc(Cl)n2)c2ccc(-c3cnc(C)nc3)cc12. The standard InChI is InChI=1S/C28H26ClN7O3/c1-15(37)26-21-11-17(19-12-30-16(2)31-13-19)7-9-22(21)35(34-26)14-25(38)36-20-8-6-18(10-20)27(36)28(39)33-24-5-3-4-23(29)32-24/h3-5,7,9,11-13,18,20,27H,6,8,10,14H2,1-2H3,(H,32,33,39). The van der Waals surface area contributed by atoms with Gasteiger partial charge in [-0.05, 0) is 61.9 Å². The molecule has 198 valence electrons. The normalized spacial score (nSPS) is 20.0. The topological polar surface area (TPSA) is 123 Å². The number of hydrogen-bond donors (Lipinski definition) is 1. The van der Waals surface area contributed by atoms with E-state index >= 15 is 0 Å². The number of nitrogens with zero attached hydrogens (tertiary/aromatic N) is 6. The number of nitrogens with one attached hydrogen (secondary N) is 1. The largest absolute Gasteiger partial charge is 0.326 e. The lowest BCUT2D eigenvalue weighted by atomic mass is 9.97. The predicted molar refractivity (Wildman–Crippen MR) is 145 cm³/mol. The molecule has 2 fully saturated rings. The molecule has 1 aliphatic heterocycles. The van der Waals surface area contributed by atoms with Crippen molar-refractivity contribution in [2.45, 2.75) is 51.7 Å². The van der Waals surface area contributed by atoms with Crippen LogP contribution in [0.2, 0.25) is 5.15 Å². The number of pyridine rings is 1. The van der Waals surface area contributed by atoms with Gasteiger partial charge < -0.3 is 10.2 Å². The molecule has 0 spiro atoms. The Morgan fingerprint density at radius 2 is 1.87 bits per heavy atom. The maximum Gasteiger partial charge on any atom is 0.248 e. The van der Waals surface area contributed by atoms with Gasteiger partial charge >= 0.3 is 0 Å². The van der Waals surface area contributed by atoms with Crippen LogP contribution in [-0.2, 0) is 16.1 Å². The highest BCUT2D eigenvalue weighted by atomic mass is 35.5. The van der Waals surface area contributed by atoms with Crippen molar-refractivity contribution >= 4 is 45.9 Å². The Kier molecular flexibility index (Phi) is 6.34. The molecule has 4 heterocycles. The first-order valence-electron chi connectivity index (χ1n) is 12.8. The highest BCUT2D eigenvalue weighted by molar-refractivity contribution is 6.29. The zero-order valence-corrected chi connectivity index (χ0v) is 22.2. The molecule has 1 N–H and O–H groups in total. The van der Waals surface area contributed by atoms with Gasteiger partial charge in [0, 0.05) is 36.3 Å². The second kappa shape index (κ2) is 9.85. The molecular formula is C28H26ClN7O3. The van der Waals surface area contributed by atoms with Crippen molar-refractivity contribution in [3.63, 3.8) is 0 Å². The van der Waals surface area contributed by atoms with Gasteiger partial charge in [-0.15, -0.1) is 0 Å². The Hall–Kier alpha value is -4.18. The first kappa shape index (κ1) is 25.1. The Labute approximate surface area is 229 Å². The summed E-state index contributed by atoms with van der Waals surface area (Å²) >= 11 is 5.98. The summed E-state index contributed by atoms with van der Waals surface area (Å²) in [6, 6.07) is 10.0. The summed E-state index contributed by atoms with van der Waals surface area (Å²) in [6.07, 6.45) is 6.00. The number of Topliss-reactive ketones (excluding diaryl/α,β-unsaturated/α-hetero) is 1. The number of anilines is 1. The summed E-state index contributed by atoms with van der Waals surface area (Å²) in [4.78, 5) is 53.9. The number of halogens is 1. The number of ketones is 1. The van der Waals surface area contributed by atoms with E-state index in [0.29, 0.717) is 22.5 Å². The van der Waals surface area contributed by atoms with E-state index in [2.05, 4.69) is 25.4 Å². The molecule has 10 nitrogen and oxygen atoms in total. The van der Waals surface area contributed by atoms with Crippen LogP contribution in [0.1, 0.15) is 42.5 Å². The van der Waals surface area contributed by atoms with Crippen LogP contribution in [0.5, 0.6) is 0 Å². The zero-order chi connectivity index (χ0) is 27.3. The van der Waals surface area contributed by atoms with Crippen LogP contribution < -0.4 is 5.32 Å². The summed E-state index contributed by atoms with van der Waals surface area (Å²) in [5.41, 5.74) is 2.62. The van der Waals surface area contributed by atoms with E-state index in [4.69, 9.17) is 11.6 Å². The van der Waals surface area contributed by atoms with E-state index in [0.717, 1.165) is 30.4 Å². The second-order valence-electron chi connectivity index (χ2n) is 10.1. The van der Waals surface area contributed by atoms with Crippen LogP contribution in [-0.4, -0.2) is 59.3 Å². The van der Waals surface area contributed by atoms with E-state index in [1.807, 2.05) is 25.1 Å². The monoisotopic (exact) mass is 543 g/mol. The van der Waals surface area contributed by atoms with Gasteiger partial charge in [-0.3, -0.25) is 19.1 Å². The first-order chi connectivity index (χ1) is 18.8. The lowest BCUT2D eigenvalue weighted by Crippen LogP contribution is -2.52. The molecular weight excluding hydrogens is 518 g/mol. The van der Waals surface area contributed by atoms with Crippen molar-refractivity contribution < 1.29 is 14.4 Å². The van der Waals surface area contributed by atoms with Gasteiger partial charge in [-0.25, -0.2) is 15.0 Å². The molecule has 3 atom stereocenters. The summed E-state index contributed by atoms with van der Waals surface area (Å²) in [5, 5.41) is 8.28. The Morgan fingerprint density at radius 1 is 1.08 bits per heavy atom. The summed E-state index contributed by atoms with van der Waals surface area (Å²) in [7, 11) is 0. The Morgan fingerprint density at radius 3 is 2.62 bits per heavy atom. The average Bonchev–Trinajstić information content (AvgIpc) is 3.62. The molecule has 1 aliphatic carbocycles. The van der Waals surface area contributed by atoms with Crippen LogP contribution in [0, 0.1) is 12.8 Å². The minimum Gasteiger partial charge on any atom is -0.326 e. The third-order valence-electron chi connectivity index (χ3n) is 7.59. The molecule has 3 aromatic heterocycles. The summed E-state index contributed by atoms with van der Waals surface area (Å²) in [5.74, 6) is 0.417. The quantitative estimate of drug-likeness (QED) is 0.287. The van der Waals surface area contributed by atoms with Gasteiger partial charge in [0.05, 0.1) is 5.52 Å². The molecule has 2 bridgehead atoms. The minimum atomic E-state index is -0.598. The van der Waals surface area contributed by atoms with Crippen molar-refractivity contribution in [1.29, 1.82) is 0 Å². The van der Waals surface area contributed by atoms with Crippen LogP contribution >= 0.6 is 11.6 Å². The van der Waals surface area contributed by atoms with E-state index in [1.165, 1.54) is 6.92 Å². The van der Waals surface area contributed by atoms with Gasteiger partial charge in [-0.1, -0.05) is 23.7 Å². The molecule has 2 amide bonds. The van der Waals surface area contributed by atoms with Crippen LogP contribution in [0.3, 0.4) is 0 Å². The maximum atomic E-state index is 13.7. The number of aryl methyl sites for hydroxylation is 1. The lowest BCUT2D eigenvalue weighted by molar-refractivity contribution is -0.141. The highest BCUT2D eigenvalue weighted by Gasteiger charge is 2.51. The number of hydrogen-bond acceptors (Lipinski definition) is 7. The number of benzene rings is 1. The molecule has 4 aromatic rings. The van der Waals surface area contributed by atoms with Gasteiger partial charge in [0.2, 0.25) is 11.8 Å². The predicted octanol–water partition coefficient (Wildman–Crippen LogP) is 4.07. The molecule has 39 heavy (non-hydrogen) atoms. The van der Waals surface area contributed by atoms with Crippen LogP contribution in [0.15, 0.2) is 48.8 Å². The molecule has 0 radical (unpaired) electrons. The number of piperidine rings is 1. The van der Waals surface area contributed by atoms with Crippen molar-refractivity contribution in [2.24, 2.45) is 5.92 Å². The molecule has 2 aliphatic rings. The molecule has 1 saturated heterocycles. The van der Waals surface area contributed by atoms with Crippen LogP contribution in [0.4, 0.5) is 5.82 Å².